The molecule has 0 aliphatic rings. The average Bonchev–Trinajstić information content (AvgIpc) is 3.31. The summed E-state index contributed by atoms with van der Waals surface area (Å²) < 4.78 is 17.0. The maximum atomic E-state index is 9.88. The second-order valence-electron chi connectivity index (χ2n) is 7.88. The van der Waals surface area contributed by atoms with Gasteiger partial charge in [-0.2, -0.15) is 5.26 Å². The lowest BCUT2D eigenvalue weighted by molar-refractivity contribution is 0.282. The maximum Gasteiger partial charge on any atom is 0.165 e. The van der Waals surface area contributed by atoms with Gasteiger partial charge >= 0.3 is 0 Å². The summed E-state index contributed by atoms with van der Waals surface area (Å²) >= 11 is 12.2. The highest BCUT2D eigenvalue weighted by atomic mass is 35.5. The number of allylic oxidation sites excluding steroid dienone is 2. The van der Waals surface area contributed by atoms with E-state index in [1.807, 2.05) is 36.4 Å². The van der Waals surface area contributed by atoms with E-state index in [4.69, 9.17) is 37.4 Å². The summed E-state index contributed by atoms with van der Waals surface area (Å²) in [6.07, 6.45) is 4.08. The van der Waals surface area contributed by atoms with Gasteiger partial charge in [0.25, 0.3) is 0 Å². The van der Waals surface area contributed by atoms with Crippen LogP contribution in [0, 0.1) is 11.3 Å². The van der Waals surface area contributed by atoms with Gasteiger partial charge in [-0.1, -0.05) is 35.3 Å². The summed E-state index contributed by atoms with van der Waals surface area (Å²) in [7, 11) is 3.18. The Morgan fingerprint density at radius 3 is 2.61 bits per heavy atom. The van der Waals surface area contributed by atoms with Crippen molar-refractivity contribution in [2.45, 2.75) is 13.0 Å². The summed E-state index contributed by atoms with van der Waals surface area (Å²) in [6.45, 7) is 4.14. The third-order valence-corrected chi connectivity index (χ3v) is 6.22. The van der Waals surface area contributed by atoms with Crippen LogP contribution in [0.2, 0.25) is 10.0 Å². The maximum absolute atomic E-state index is 9.88. The van der Waals surface area contributed by atoms with Crippen LogP contribution in [0.4, 0.5) is 0 Å². The molecular formula is C28H23Cl2N3O3. The summed E-state index contributed by atoms with van der Waals surface area (Å²) in [5.41, 5.74) is 4.39. The van der Waals surface area contributed by atoms with E-state index in [9.17, 15) is 5.26 Å². The number of methoxy groups -OCH3 is 2. The average molecular weight is 520 g/mol. The van der Waals surface area contributed by atoms with Crippen LogP contribution in [0.25, 0.3) is 22.7 Å². The highest BCUT2D eigenvalue weighted by Gasteiger charge is 2.15. The molecule has 0 radical (unpaired) electrons. The molecule has 4 aromatic rings. The molecule has 0 bridgehead atoms. The smallest absolute Gasteiger partial charge is 0.165 e. The zero-order chi connectivity index (χ0) is 25.7. The number of rotatable bonds is 9. The van der Waals surface area contributed by atoms with Gasteiger partial charge in [0, 0.05) is 11.6 Å². The van der Waals surface area contributed by atoms with E-state index in [0.717, 1.165) is 27.7 Å². The summed E-state index contributed by atoms with van der Waals surface area (Å²) in [6, 6.07) is 16.9. The first kappa shape index (κ1) is 25.2. The molecule has 0 spiro atoms. The molecule has 1 N–H and O–H groups in total. The standard InChI is InChI=1S/C28H23Cl2N3O3/c1-4-5-19-10-18(11-20(15-31)28-32-24-9-7-21(34-2)14-25(24)33-28)13-26(35-3)27(19)36-16-17-6-8-22(29)23(30)12-17/h4,6-14H,1,5,16H2,2-3H3,(H,32,33)/b20-11-. The lowest BCUT2D eigenvalue weighted by Gasteiger charge is -2.16. The number of hydrogen-bond donors (Lipinski definition) is 1. The SMILES string of the molecule is C=CCc1cc(/C=C(/C#N)c2nc3ccc(OC)cc3[nH]2)cc(OC)c1OCc1ccc(Cl)c(Cl)c1. The summed E-state index contributed by atoms with van der Waals surface area (Å²) in [4.78, 5) is 7.75. The molecule has 0 unspecified atom stereocenters. The Labute approximate surface area is 219 Å². The van der Waals surface area contributed by atoms with E-state index in [-0.39, 0.29) is 6.61 Å². The molecule has 36 heavy (non-hydrogen) atoms. The van der Waals surface area contributed by atoms with E-state index in [1.54, 1.807) is 38.5 Å². The molecule has 0 saturated carbocycles. The first-order valence-electron chi connectivity index (χ1n) is 11.0. The van der Waals surface area contributed by atoms with E-state index >= 15 is 0 Å². The molecule has 0 aliphatic carbocycles. The van der Waals surface area contributed by atoms with Crippen LogP contribution in [0.15, 0.2) is 61.2 Å². The van der Waals surface area contributed by atoms with Gasteiger partial charge in [-0.25, -0.2) is 4.98 Å². The molecule has 182 valence electrons. The van der Waals surface area contributed by atoms with Crippen LogP contribution in [-0.4, -0.2) is 24.2 Å². The lowest BCUT2D eigenvalue weighted by atomic mass is 10.0. The number of fused-ring (bicyclic) bond motifs is 1. The Balaban J connectivity index is 1.69. The Kier molecular flexibility index (Phi) is 7.84. The third-order valence-electron chi connectivity index (χ3n) is 5.48. The largest absolute Gasteiger partial charge is 0.497 e. The van der Waals surface area contributed by atoms with Crippen molar-refractivity contribution < 1.29 is 14.2 Å². The molecule has 8 heteroatoms. The number of aromatic nitrogens is 2. The predicted octanol–water partition coefficient (Wildman–Crippen LogP) is 7.26. The topological polar surface area (TPSA) is 80.2 Å². The fraction of sp³-hybridized carbons (Fsp3) is 0.143. The van der Waals surface area contributed by atoms with Gasteiger partial charge in [-0.15, -0.1) is 6.58 Å². The number of nitrogens with zero attached hydrogens (tertiary/aromatic N) is 2. The van der Waals surface area contributed by atoms with Crippen LogP contribution in [0.3, 0.4) is 0 Å². The van der Waals surface area contributed by atoms with Gasteiger partial charge in [0.2, 0.25) is 0 Å². The number of nitriles is 1. The molecule has 0 fully saturated rings. The van der Waals surface area contributed by atoms with E-state index in [1.165, 1.54) is 0 Å². The number of halogens is 2. The minimum atomic E-state index is 0.276. The molecule has 0 saturated heterocycles. The lowest BCUT2D eigenvalue weighted by Crippen LogP contribution is -2.02. The predicted molar refractivity (Wildman–Crippen MR) is 144 cm³/mol. The van der Waals surface area contributed by atoms with Crippen LogP contribution in [-0.2, 0) is 13.0 Å². The second kappa shape index (κ2) is 11.2. The Morgan fingerprint density at radius 2 is 1.92 bits per heavy atom. The molecule has 3 aromatic carbocycles. The quantitative estimate of drug-likeness (QED) is 0.186. The van der Waals surface area contributed by atoms with E-state index in [0.29, 0.717) is 45.1 Å². The fourth-order valence-corrected chi connectivity index (χ4v) is 4.06. The molecule has 0 aliphatic heterocycles. The highest BCUT2D eigenvalue weighted by molar-refractivity contribution is 6.42. The Morgan fingerprint density at radius 1 is 1.08 bits per heavy atom. The fourth-order valence-electron chi connectivity index (χ4n) is 3.74. The van der Waals surface area contributed by atoms with Crippen LogP contribution < -0.4 is 14.2 Å². The van der Waals surface area contributed by atoms with E-state index in [2.05, 4.69) is 22.6 Å². The molecule has 0 amide bonds. The normalized spacial score (nSPS) is 11.2. The number of ether oxygens (including phenoxy) is 3. The van der Waals surface area contributed by atoms with Gasteiger partial charge in [0.15, 0.2) is 11.5 Å². The van der Waals surface area contributed by atoms with Crippen molar-refractivity contribution in [2.24, 2.45) is 0 Å². The first-order valence-corrected chi connectivity index (χ1v) is 11.8. The van der Waals surface area contributed by atoms with Crippen molar-refractivity contribution in [3.8, 4) is 23.3 Å². The molecule has 1 aromatic heterocycles. The molecule has 1 heterocycles. The summed E-state index contributed by atoms with van der Waals surface area (Å²) in [5.74, 6) is 2.29. The van der Waals surface area contributed by atoms with Gasteiger partial charge < -0.3 is 19.2 Å². The molecular weight excluding hydrogens is 497 g/mol. The summed E-state index contributed by atoms with van der Waals surface area (Å²) in [5, 5.41) is 10.8. The number of H-pyrrole nitrogens is 1. The Bertz CT molecular complexity index is 1500. The van der Waals surface area contributed by atoms with Crippen molar-refractivity contribution in [1.82, 2.24) is 9.97 Å². The highest BCUT2D eigenvalue weighted by Crippen LogP contribution is 2.36. The number of benzene rings is 3. The van der Waals surface area contributed by atoms with Crippen LogP contribution in [0.1, 0.15) is 22.5 Å². The number of aromatic amines is 1. The molecule has 0 atom stereocenters. The zero-order valence-electron chi connectivity index (χ0n) is 19.8. The Hall–Kier alpha value is -3.92. The van der Waals surface area contributed by atoms with Crippen molar-refractivity contribution in [2.75, 3.05) is 14.2 Å². The van der Waals surface area contributed by atoms with E-state index < -0.39 is 0 Å². The van der Waals surface area contributed by atoms with Crippen molar-refractivity contribution >= 4 is 45.9 Å². The van der Waals surface area contributed by atoms with Crippen molar-refractivity contribution in [3.63, 3.8) is 0 Å². The third kappa shape index (κ3) is 5.49. The zero-order valence-corrected chi connectivity index (χ0v) is 21.3. The molecule has 4 rings (SSSR count). The van der Waals surface area contributed by atoms with Crippen LogP contribution >= 0.6 is 23.2 Å². The number of nitrogens with one attached hydrogen (secondary N) is 1. The van der Waals surface area contributed by atoms with Crippen molar-refractivity contribution in [1.29, 1.82) is 5.26 Å². The first-order chi connectivity index (χ1) is 17.4. The molecule has 6 nitrogen and oxygen atoms in total. The van der Waals surface area contributed by atoms with Crippen LogP contribution in [0.5, 0.6) is 17.2 Å². The van der Waals surface area contributed by atoms with Crippen molar-refractivity contribution in [3.05, 3.63) is 93.7 Å². The van der Waals surface area contributed by atoms with Gasteiger partial charge in [0.05, 0.1) is 40.9 Å². The minimum absolute atomic E-state index is 0.276. The minimum Gasteiger partial charge on any atom is -0.497 e. The monoisotopic (exact) mass is 519 g/mol. The second-order valence-corrected chi connectivity index (χ2v) is 8.69. The number of hydrogen-bond acceptors (Lipinski definition) is 5. The van der Waals surface area contributed by atoms with Gasteiger partial charge in [-0.3, -0.25) is 0 Å². The van der Waals surface area contributed by atoms with Gasteiger partial charge in [-0.05, 0) is 60.0 Å². The number of imidazole rings is 1. The van der Waals surface area contributed by atoms with Gasteiger partial charge in [0.1, 0.15) is 24.3 Å².